The van der Waals surface area contributed by atoms with E-state index in [1.165, 1.54) is 10.5 Å². The smallest absolute Gasteiger partial charge is 0.263 e. The van der Waals surface area contributed by atoms with Gasteiger partial charge in [-0.05, 0) is 26.3 Å². The Labute approximate surface area is 175 Å². The van der Waals surface area contributed by atoms with Gasteiger partial charge in [0.15, 0.2) is 5.65 Å². The van der Waals surface area contributed by atoms with Gasteiger partial charge >= 0.3 is 0 Å². The summed E-state index contributed by atoms with van der Waals surface area (Å²) in [7, 11) is -3.40. The Bertz CT molecular complexity index is 1200. The number of aromatic amines is 1. The Morgan fingerprint density at radius 3 is 2.37 bits per heavy atom. The zero-order valence-electron chi connectivity index (χ0n) is 17.4. The number of aromatic nitrogens is 4. The molecule has 1 aromatic carbocycles. The number of sulfonamides is 1. The maximum atomic E-state index is 12.8. The molecule has 2 aromatic heterocycles. The molecule has 0 aliphatic carbocycles. The topological polar surface area (TPSA) is 104 Å². The van der Waals surface area contributed by atoms with Crippen molar-refractivity contribution in [3.05, 3.63) is 52.4 Å². The van der Waals surface area contributed by atoms with Gasteiger partial charge in [-0.3, -0.25) is 9.78 Å². The fourth-order valence-corrected chi connectivity index (χ4v) is 5.12. The van der Waals surface area contributed by atoms with Crippen LogP contribution in [-0.4, -0.2) is 58.7 Å². The van der Waals surface area contributed by atoms with Gasteiger partial charge in [-0.15, -0.1) is 0 Å². The van der Waals surface area contributed by atoms with Gasteiger partial charge in [0.2, 0.25) is 16.0 Å². The summed E-state index contributed by atoms with van der Waals surface area (Å²) in [6, 6.07) is 9.17. The highest BCUT2D eigenvalue weighted by molar-refractivity contribution is 7.88. The Kier molecular flexibility index (Phi) is 5.15. The first-order valence-electron chi connectivity index (χ1n) is 9.90. The summed E-state index contributed by atoms with van der Waals surface area (Å²) in [6.07, 6.45) is 1.53. The van der Waals surface area contributed by atoms with Crippen LogP contribution in [0, 0.1) is 0 Å². The average molecular weight is 431 g/mol. The van der Waals surface area contributed by atoms with Crippen LogP contribution in [0.15, 0.2) is 41.3 Å². The molecule has 0 atom stereocenters. The van der Waals surface area contributed by atoms with Gasteiger partial charge in [0.25, 0.3) is 5.56 Å². The van der Waals surface area contributed by atoms with Gasteiger partial charge in [0.05, 0.1) is 17.5 Å². The third-order valence-electron chi connectivity index (χ3n) is 5.18. The maximum absolute atomic E-state index is 12.8. The first-order valence-corrected chi connectivity index (χ1v) is 11.5. The first-order chi connectivity index (χ1) is 14.1. The lowest BCUT2D eigenvalue weighted by atomic mass is 10.1. The first kappa shape index (κ1) is 20.5. The molecule has 1 N–H and O–H groups in total. The summed E-state index contributed by atoms with van der Waals surface area (Å²) >= 11 is 0. The molecule has 160 valence electrons. The van der Waals surface area contributed by atoms with Crippen LogP contribution in [0.3, 0.4) is 0 Å². The molecule has 3 heterocycles. The quantitative estimate of drug-likeness (QED) is 0.673. The molecule has 0 spiro atoms. The number of fused-ring (bicyclic) bond motifs is 1. The van der Waals surface area contributed by atoms with E-state index in [9.17, 15) is 13.2 Å². The standard InChI is InChI=1S/C20H26N6O3S/c1-20(2,3)26-17-16(13-21-26)18(27)23-19(22-17)24-9-11-25(12-10-24)30(28,29)14-15-7-5-4-6-8-15/h4-8,13H,9-12,14H2,1-3H3,(H,22,23,27). The minimum atomic E-state index is -3.40. The molecule has 3 aromatic rings. The van der Waals surface area contributed by atoms with E-state index in [-0.39, 0.29) is 16.9 Å². The minimum Gasteiger partial charge on any atom is -0.340 e. The average Bonchev–Trinajstić information content (AvgIpc) is 3.14. The molecule has 0 saturated carbocycles. The number of nitrogens with one attached hydrogen (secondary N) is 1. The van der Waals surface area contributed by atoms with Gasteiger partial charge in [-0.1, -0.05) is 30.3 Å². The second kappa shape index (κ2) is 7.51. The summed E-state index contributed by atoms with van der Waals surface area (Å²) in [4.78, 5) is 21.9. The number of nitrogens with zero attached hydrogens (tertiary/aromatic N) is 5. The number of hydrogen-bond acceptors (Lipinski definition) is 6. The maximum Gasteiger partial charge on any atom is 0.263 e. The molecule has 0 bridgehead atoms. The number of rotatable bonds is 4. The third-order valence-corrected chi connectivity index (χ3v) is 7.03. The van der Waals surface area contributed by atoms with Crippen LogP contribution in [0.5, 0.6) is 0 Å². The Morgan fingerprint density at radius 2 is 1.73 bits per heavy atom. The Hall–Kier alpha value is -2.72. The summed E-state index contributed by atoms with van der Waals surface area (Å²) < 4.78 is 28.8. The van der Waals surface area contributed by atoms with E-state index in [0.29, 0.717) is 43.2 Å². The third kappa shape index (κ3) is 3.97. The Balaban J connectivity index is 1.53. The molecule has 0 unspecified atom stereocenters. The molecule has 1 saturated heterocycles. The highest BCUT2D eigenvalue weighted by Gasteiger charge is 2.29. The van der Waals surface area contributed by atoms with Crippen molar-refractivity contribution >= 4 is 27.0 Å². The van der Waals surface area contributed by atoms with E-state index in [0.717, 1.165) is 5.56 Å². The van der Waals surface area contributed by atoms with Crippen molar-refractivity contribution in [3.63, 3.8) is 0 Å². The van der Waals surface area contributed by atoms with E-state index in [4.69, 9.17) is 0 Å². The van der Waals surface area contributed by atoms with Crippen molar-refractivity contribution in [2.24, 2.45) is 0 Å². The normalized spacial score (nSPS) is 16.3. The van der Waals surface area contributed by atoms with Crippen molar-refractivity contribution < 1.29 is 8.42 Å². The second-order valence-electron chi connectivity index (χ2n) is 8.48. The van der Waals surface area contributed by atoms with Crippen molar-refractivity contribution in [3.8, 4) is 0 Å². The van der Waals surface area contributed by atoms with Crippen LogP contribution in [0.25, 0.3) is 11.0 Å². The largest absolute Gasteiger partial charge is 0.340 e. The molecular weight excluding hydrogens is 404 g/mol. The van der Waals surface area contributed by atoms with Gasteiger partial charge in [0.1, 0.15) is 5.39 Å². The zero-order chi connectivity index (χ0) is 21.5. The highest BCUT2D eigenvalue weighted by atomic mass is 32.2. The number of benzene rings is 1. The predicted molar refractivity (Wildman–Crippen MR) is 116 cm³/mol. The van der Waals surface area contributed by atoms with Crippen LogP contribution >= 0.6 is 0 Å². The summed E-state index contributed by atoms with van der Waals surface area (Å²) in [5, 5.41) is 4.77. The minimum absolute atomic E-state index is 0.0142. The predicted octanol–water partition coefficient (Wildman–Crippen LogP) is 1.53. The second-order valence-corrected chi connectivity index (χ2v) is 10.5. The van der Waals surface area contributed by atoms with Crippen molar-refractivity contribution in [1.82, 2.24) is 24.1 Å². The van der Waals surface area contributed by atoms with E-state index in [1.807, 2.05) is 56.0 Å². The van der Waals surface area contributed by atoms with Gasteiger partial charge in [0, 0.05) is 26.2 Å². The number of hydrogen-bond donors (Lipinski definition) is 1. The van der Waals surface area contributed by atoms with Crippen molar-refractivity contribution in [2.75, 3.05) is 31.1 Å². The molecule has 9 nitrogen and oxygen atoms in total. The number of piperazine rings is 1. The van der Waals surface area contributed by atoms with E-state index < -0.39 is 10.0 Å². The van der Waals surface area contributed by atoms with Gasteiger partial charge < -0.3 is 4.90 Å². The summed E-state index contributed by atoms with van der Waals surface area (Å²) in [5.41, 5.74) is 0.737. The fourth-order valence-electron chi connectivity index (χ4n) is 3.60. The number of H-pyrrole nitrogens is 1. The SMILES string of the molecule is CC(C)(C)n1ncc2c(=O)[nH]c(N3CCN(S(=O)(=O)Cc4ccccc4)CC3)nc21. The van der Waals surface area contributed by atoms with Crippen LogP contribution < -0.4 is 10.5 Å². The zero-order valence-corrected chi connectivity index (χ0v) is 18.2. The van der Waals surface area contributed by atoms with Gasteiger partial charge in [-0.25, -0.2) is 13.1 Å². The molecule has 4 rings (SSSR count). The van der Waals surface area contributed by atoms with E-state index >= 15 is 0 Å². The van der Waals surface area contributed by atoms with Crippen LogP contribution in [-0.2, 0) is 21.3 Å². The molecular formula is C20H26N6O3S. The van der Waals surface area contributed by atoms with Gasteiger partial charge in [-0.2, -0.15) is 14.4 Å². The number of anilines is 1. The van der Waals surface area contributed by atoms with Crippen molar-refractivity contribution in [2.45, 2.75) is 32.1 Å². The molecule has 30 heavy (non-hydrogen) atoms. The molecule has 1 aliphatic heterocycles. The van der Waals surface area contributed by atoms with Crippen LogP contribution in [0.2, 0.25) is 0 Å². The summed E-state index contributed by atoms with van der Waals surface area (Å²) in [6.45, 7) is 7.58. The molecule has 1 aliphatic rings. The summed E-state index contributed by atoms with van der Waals surface area (Å²) in [5.74, 6) is 0.429. The van der Waals surface area contributed by atoms with Crippen LogP contribution in [0.1, 0.15) is 26.3 Å². The molecule has 1 fully saturated rings. The lowest BCUT2D eigenvalue weighted by Gasteiger charge is -2.34. The van der Waals surface area contributed by atoms with E-state index in [1.54, 1.807) is 4.68 Å². The molecule has 0 amide bonds. The lowest BCUT2D eigenvalue weighted by Crippen LogP contribution is -2.49. The molecule has 10 heteroatoms. The monoisotopic (exact) mass is 430 g/mol. The highest BCUT2D eigenvalue weighted by Crippen LogP contribution is 2.21. The molecule has 0 radical (unpaired) electrons. The van der Waals surface area contributed by atoms with Crippen molar-refractivity contribution in [1.29, 1.82) is 0 Å². The Morgan fingerprint density at radius 1 is 1.07 bits per heavy atom. The lowest BCUT2D eigenvalue weighted by molar-refractivity contribution is 0.365. The van der Waals surface area contributed by atoms with Crippen LogP contribution in [0.4, 0.5) is 5.95 Å². The van der Waals surface area contributed by atoms with E-state index in [2.05, 4.69) is 15.1 Å². The fraction of sp³-hybridized carbons (Fsp3) is 0.450.